The molecular formula is C11H8BrClN4S. The molecule has 0 saturated heterocycles. The van der Waals surface area contributed by atoms with Gasteiger partial charge in [0, 0.05) is 23.5 Å². The summed E-state index contributed by atoms with van der Waals surface area (Å²) < 4.78 is 3.47. The molecule has 4 nitrogen and oxygen atoms in total. The minimum Gasteiger partial charge on any atom is -0.362 e. The van der Waals surface area contributed by atoms with Gasteiger partial charge < -0.3 is 9.72 Å². The van der Waals surface area contributed by atoms with Crippen molar-refractivity contribution < 1.29 is 0 Å². The number of hydrogen-bond acceptors (Lipinski definition) is 4. The van der Waals surface area contributed by atoms with Crippen molar-refractivity contribution in [2.24, 2.45) is 0 Å². The first-order valence-corrected chi connectivity index (χ1v) is 7.18. The number of halogens is 2. The van der Waals surface area contributed by atoms with Crippen LogP contribution in [-0.4, -0.2) is 14.4 Å². The molecule has 18 heavy (non-hydrogen) atoms. The number of thiophene rings is 1. The number of imidazole rings is 1. The average molecular weight is 344 g/mol. The Labute approximate surface area is 121 Å². The summed E-state index contributed by atoms with van der Waals surface area (Å²) in [7, 11) is 0. The summed E-state index contributed by atoms with van der Waals surface area (Å²) in [6.07, 6.45) is 5.50. The molecule has 0 aliphatic rings. The molecule has 0 amide bonds. The summed E-state index contributed by atoms with van der Waals surface area (Å²) in [6, 6.07) is 3.89. The van der Waals surface area contributed by atoms with E-state index >= 15 is 0 Å². The Hall–Kier alpha value is -1.11. The van der Waals surface area contributed by atoms with E-state index in [1.807, 2.05) is 28.9 Å². The highest BCUT2D eigenvalue weighted by Crippen LogP contribution is 2.23. The Morgan fingerprint density at radius 1 is 1.44 bits per heavy atom. The van der Waals surface area contributed by atoms with Crippen LogP contribution >= 0.6 is 38.9 Å². The fraction of sp³-hybridized carbons (Fsp3) is 0.0909. The van der Waals surface area contributed by atoms with Crippen LogP contribution in [-0.2, 0) is 6.54 Å². The van der Waals surface area contributed by atoms with Gasteiger partial charge in [0.1, 0.15) is 4.60 Å². The third-order valence-electron chi connectivity index (χ3n) is 2.40. The molecule has 3 heterocycles. The van der Waals surface area contributed by atoms with Gasteiger partial charge in [0.25, 0.3) is 0 Å². The number of hydrogen-bond donors (Lipinski definition) is 1. The molecule has 92 valence electrons. The lowest BCUT2D eigenvalue weighted by Crippen LogP contribution is -2.03. The molecular weight excluding hydrogens is 336 g/mol. The lowest BCUT2D eigenvalue weighted by Gasteiger charge is -2.06. The predicted molar refractivity (Wildman–Crippen MR) is 77.3 cm³/mol. The van der Waals surface area contributed by atoms with Gasteiger partial charge in [0.2, 0.25) is 0 Å². The smallest absolute Gasteiger partial charge is 0.180 e. The highest BCUT2D eigenvalue weighted by molar-refractivity contribution is 9.10. The Balaban J connectivity index is 1.87. The van der Waals surface area contributed by atoms with Crippen molar-refractivity contribution in [2.45, 2.75) is 6.54 Å². The molecule has 0 saturated carbocycles. The largest absolute Gasteiger partial charge is 0.362 e. The van der Waals surface area contributed by atoms with Crippen LogP contribution in [0.4, 0.5) is 5.82 Å². The van der Waals surface area contributed by atoms with Crippen molar-refractivity contribution in [3.8, 4) is 0 Å². The lowest BCUT2D eigenvalue weighted by atomic mass is 10.4. The van der Waals surface area contributed by atoms with Gasteiger partial charge >= 0.3 is 0 Å². The summed E-state index contributed by atoms with van der Waals surface area (Å²) in [4.78, 5) is 9.82. The van der Waals surface area contributed by atoms with E-state index < -0.39 is 0 Å². The first-order chi connectivity index (χ1) is 8.72. The predicted octanol–water partition coefficient (Wildman–Crippen LogP) is 3.82. The molecule has 0 unspecified atom stereocenters. The van der Waals surface area contributed by atoms with E-state index in [0.29, 0.717) is 6.54 Å². The van der Waals surface area contributed by atoms with Crippen molar-refractivity contribution in [3.05, 3.63) is 44.5 Å². The SMILES string of the molecule is Clc1ccc(CNc2nc(Br)cn3ccnc23)s1. The maximum Gasteiger partial charge on any atom is 0.180 e. The van der Waals surface area contributed by atoms with Gasteiger partial charge in [-0.05, 0) is 28.1 Å². The zero-order chi connectivity index (χ0) is 12.5. The lowest BCUT2D eigenvalue weighted by molar-refractivity contribution is 1.06. The molecule has 3 aromatic heterocycles. The highest BCUT2D eigenvalue weighted by atomic mass is 79.9. The Morgan fingerprint density at radius 2 is 2.33 bits per heavy atom. The molecule has 0 spiro atoms. The minimum absolute atomic E-state index is 0.684. The molecule has 0 atom stereocenters. The van der Waals surface area contributed by atoms with Crippen LogP contribution in [0.3, 0.4) is 0 Å². The molecule has 1 N–H and O–H groups in total. The fourth-order valence-corrected chi connectivity index (χ4v) is 3.06. The zero-order valence-electron chi connectivity index (χ0n) is 9.10. The van der Waals surface area contributed by atoms with E-state index in [0.717, 1.165) is 25.3 Å². The van der Waals surface area contributed by atoms with Crippen LogP contribution in [0.15, 0.2) is 35.3 Å². The fourth-order valence-electron chi connectivity index (χ4n) is 1.64. The van der Waals surface area contributed by atoms with Gasteiger partial charge in [-0.3, -0.25) is 0 Å². The Kier molecular flexibility index (Phi) is 3.23. The second-order valence-corrected chi connectivity index (χ2v) is 6.24. The highest BCUT2D eigenvalue weighted by Gasteiger charge is 2.06. The second kappa shape index (κ2) is 4.87. The minimum atomic E-state index is 0.684. The normalized spacial score (nSPS) is 11.0. The van der Waals surface area contributed by atoms with Gasteiger partial charge in [-0.15, -0.1) is 11.3 Å². The van der Waals surface area contributed by atoms with Crippen LogP contribution < -0.4 is 5.32 Å². The number of fused-ring (bicyclic) bond motifs is 1. The van der Waals surface area contributed by atoms with Crippen LogP contribution in [0.5, 0.6) is 0 Å². The first-order valence-electron chi connectivity index (χ1n) is 5.20. The molecule has 3 rings (SSSR count). The van der Waals surface area contributed by atoms with E-state index in [9.17, 15) is 0 Å². The summed E-state index contributed by atoms with van der Waals surface area (Å²) >= 11 is 10.8. The maximum atomic E-state index is 5.90. The van der Waals surface area contributed by atoms with Crippen molar-refractivity contribution in [2.75, 3.05) is 5.32 Å². The van der Waals surface area contributed by atoms with Crippen molar-refractivity contribution in [1.82, 2.24) is 14.4 Å². The van der Waals surface area contributed by atoms with Gasteiger partial charge in [0.05, 0.1) is 10.9 Å². The van der Waals surface area contributed by atoms with Gasteiger partial charge in [-0.25, -0.2) is 9.97 Å². The van der Waals surface area contributed by atoms with Crippen LogP contribution in [0.25, 0.3) is 5.65 Å². The number of anilines is 1. The number of nitrogens with zero attached hydrogens (tertiary/aromatic N) is 3. The molecule has 0 fully saturated rings. The molecule has 7 heteroatoms. The van der Waals surface area contributed by atoms with E-state index in [2.05, 4.69) is 31.2 Å². The van der Waals surface area contributed by atoms with Gasteiger partial charge in [-0.1, -0.05) is 11.6 Å². The number of nitrogens with one attached hydrogen (secondary N) is 1. The summed E-state index contributed by atoms with van der Waals surface area (Å²) in [5.41, 5.74) is 0.806. The summed E-state index contributed by atoms with van der Waals surface area (Å²) in [6.45, 7) is 0.684. The topological polar surface area (TPSA) is 42.2 Å². The average Bonchev–Trinajstić information content (AvgIpc) is 2.94. The first kappa shape index (κ1) is 12.0. The third-order valence-corrected chi connectivity index (χ3v) is 4.02. The monoisotopic (exact) mass is 342 g/mol. The van der Waals surface area contributed by atoms with E-state index in [4.69, 9.17) is 11.6 Å². The van der Waals surface area contributed by atoms with E-state index in [1.54, 1.807) is 17.5 Å². The molecule has 0 aliphatic heterocycles. The van der Waals surface area contributed by atoms with Crippen LogP contribution in [0, 0.1) is 0 Å². The quantitative estimate of drug-likeness (QED) is 0.786. The second-order valence-electron chi connectivity index (χ2n) is 3.63. The van der Waals surface area contributed by atoms with Crippen molar-refractivity contribution >= 4 is 50.3 Å². The van der Waals surface area contributed by atoms with Gasteiger partial charge in [-0.2, -0.15) is 0 Å². The molecule has 3 aromatic rings. The Morgan fingerprint density at radius 3 is 3.11 bits per heavy atom. The Bertz CT molecular complexity index is 693. The van der Waals surface area contributed by atoms with E-state index in [-0.39, 0.29) is 0 Å². The third kappa shape index (κ3) is 2.36. The van der Waals surface area contributed by atoms with Crippen LogP contribution in [0.1, 0.15) is 4.88 Å². The van der Waals surface area contributed by atoms with Gasteiger partial charge in [0.15, 0.2) is 11.5 Å². The summed E-state index contributed by atoms with van der Waals surface area (Å²) in [5.74, 6) is 0.749. The number of aromatic nitrogens is 3. The van der Waals surface area contributed by atoms with E-state index in [1.165, 1.54) is 0 Å². The standard InChI is InChI=1S/C11H8BrClN4S/c12-8-6-17-4-3-14-11(17)10(16-8)15-5-7-1-2-9(13)18-7/h1-4,6H,5H2,(H,15,16). The summed E-state index contributed by atoms with van der Waals surface area (Å²) in [5, 5.41) is 3.27. The molecule has 0 aliphatic carbocycles. The van der Waals surface area contributed by atoms with Crippen LogP contribution in [0.2, 0.25) is 4.34 Å². The zero-order valence-corrected chi connectivity index (χ0v) is 12.3. The molecule has 0 bridgehead atoms. The maximum absolute atomic E-state index is 5.90. The number of rotatable bonds is 3. The van der Waals surface area contributed by atoms with Crippen molar-refractivity contribution in [3.63, 3.8) is 0 Å². The molecule has 0 aromatic carbocycles. The van der Waals surface area contributed by atoms with Crippen molar-refractivity contribution in [1.29, 1.82) is 0 Å². The molecule has 0 radical (unpaired) electrons.